The predicted octanol–water partition coefficient (Wildman–Crippen LogP) is 2.85. The Morgan fingerprint density at radius 1 is 0.640 bits per heavy atom. The molecule has 0 spiro atoms. The molecule has 0 unspecified atom stereocenters. The molecule has 25 heavy (non-hydrogen) atoms. The largest absolute Gasteiger partial charge is 0 e. The summed E-state index contributed by atoms with van der Waals surface area (Å²) in [5.74, 6) is 0. The van der Waals surface area contributed by atoms with Gasteiger partial charge in [0.25, 0.3) is 0 Å². The molecule has 0 bridgehead atoms. The number of rotatable bonds is 6. The molecule has 0 aromatic carbocycles. The van der Waals surface area contributed by atoms with E-state index in [9.17, 15) is 4.79 Å². The maximum atomic E-state index is 10.2. The zero-order valence-electron chi connectivity index (χ0n) is 14.1. The fourth-order valence-electron chi connectivity index (χ4n) is 1.65. The van der Waals surface area contributed by atoms with Crippen LogP contribution in [0, 0.1) is 39.9 Å². The molecule has 7 nitrogen and oxygen atoms in total. The van der Waals surface area contributed by atoms with Gasteiger partial charge in [0.05, 0.1) is 0 Å². The van der Waals surface area contributed by atoms with Crippen LogP contribution in [0.15, 0.2) is 0 Å². The molecule has 0 fully saturated rings. The third-order valence-corrected chi connectivity index (χ3v) is 15.3. The smallest absolute Gasteiger partial charge is 0 e. The van der Waals surface area contributed by atoms with Crippen LogP contribution in [-0.2, 0) is 66.3 Å². The van der Waals surface area contributed by atoms with E-state index in [0.717, 1.165) is 12.7 Å². The molecule has 2 radical (unpaired) electrons. The van der Waals surface area contributed by atoms with Crippen molar-refractivity contribution >= 4 is 19.6 Å². The zero-order chi connectivity index (χ0) is 20.7. The molecule has 0 amide bonds. The van der Waals surface area contributed by atoms with Crippen LogP contribution in [0.2, 0.25) is 21.0 Å². The Morgan fingerprint density at radius 2 is 0.840 bits per heavy atom. The standard InChI is InChI=1S/C9H20GeO.6CO.2Co/c1-4-10(5-2,6-3)8-7-9-11;6*1-2;;/h9H,4-8H2,1-3H3;;;;;;;;. The van der Waals surface area contributed by atoms with Crippen LogP contribution in [0.25, 0.3) is 0 Å². The summed E-state index contributed by atoms with van der Waals surface area (Å²) in [6.45, 7) is 33.9. The molecule has 0 aliphatic carbocycles. The molecule has 0 aliphatic rings. The minimum atomic E-state index is -1.46. The molecular weight excluding hydrogens is 483 g/mol. The molecular formula is C15H20Co2GeO7. The van der Waals surface area contributed by atoms with Crippen molar-refractivity contribution in [2.45, 2.75) is 48.2 Å². The van der Waals surface area contributed by atoms with Gasteiger partial charge in [-0.25, -0.2) is 0 Å². The Kier molecular flexibility index (Phi) is 201. The Bertz CT molecular complexity index is 265. The van der Waals surface area contributed by atoms with Gasteiger partial charge in [0.15, 0.2) is 0 Å². The molecule has 0 aliphatic heterocycles. The summed E-state index contributed by atoms with van der Waals surface area (Å²) in [7, 11) is 0. The molecule has 0 heterocycles. The number of carbonyl (C=O) groups is 1. The van der Waals surface area contributed by atoms with Crippen molar-refractivity contribution < 1.29 is 66.3 Å². The van der Waals surface area contributed by atoms with E-state index in [0.29, 0.717) is 0 Å². The summed E-state index contributed by atoms with van der Waals surface area (Å²) in [4.78, 5) is 10.2. The SMILES string of the molecule is C[CH2][Ge]([CH2]C)([CH2]C)[CH2]CC=O.[C-]#[O+].[C-]#[O+].[C-]#[O+].[C-]#[O+].[C-]#[O+].[C-]#[O+].[Co].[Co]. The van der Waals surface area contributed by atoms with Gasteiger partial charge >= 0.3 is 140 Å². The van der Waals surface area contributed by atoms with Crippen molar-refractivity contribution in [3.05, 3.63) is 39.9 Å². The van der Waals surface area contributed by atoms with Crippen LogP contribution in [0.3, 0.4) is 0 Å². The molecule has 0 aromatic heterocycles. The number of hydrogen-bond acceptors (Lipinski definition) is 1. The van der Waals surface area contributed by atoms with Crippen LogP contribution >= 0.6 is 0 Å². The second-order valence-corrected chi connectivity index (χ2v) is 15.1. The fourth-order valence-corrected chi connectivity index (χ4v) is 8.55. The Labute approximate surface area is 173 Å². The third-order valence-electron chi connectivity index (χ3n) is 3.04. The minimum Gasteiger partial charge on any atom is 0 e. The van der Waals surface area contributed by atoms with Crippen LogP contribution in [-0.4, -0.2) is 19.6 Å². The normalized spacial score (nSPS) is 5.56. The first-order valence-electron chi connectivity index (χ1n) is 5.90. The van der Waals surface area contributed by atoms with E-state index in [1.807, 2.05) is 0 Å². The molecule has 144 valence electrons. The van der Waals surface area contributed by atoms with Crippen molar-refractivity contribution in [1.82, 2.24) is 0 Å². The molecule has 0 saturated carbocycles. The summed E-state index contributed by atoms with van der Waals surface area (Å²) in [6, 6.07) is 0. The van der Waals surface area contributed by atoms with Gasteiger partial charge in [-0.15, -0.1) is 0 Å². The first-order chi connectivity index (χ1) is 11.2. The molecule has 0 saturated heterocycles. The van der Waals surface area contributed by atoms with Gasteiger partial charge in [-0.2, -0.15) is 0 Å². The Morgan fingerprint density at radius 3 is 0.960 bits per heavy atom. The first-order valence-corrected chi connectivity index (χ1v) is 11.8. The van der Waals surface area contributed by atoms with E-state index in [1.165, 1.54) is 21.0 Å². The van der Waals surface area contributed by atoms with Crippen molar-refractivity contribution in [1.29, 1.82) is 0 Å². The average molecular weight is 503 g/mol. The van der Waals surface area contributed by atoms with Crippen LogP contribution < -0.4 is 0 Å². The van der Waals surface area contributed by atoms with E-state index in [4.69, 9.17) is 27.9 Å². The quantitative estimate of drug-likeness (QED) is 0.235. The molecule has 0 rings (SSSR count). The summed E-state index contributed by atoms with van der Waals surface area (Å²) in [5.41, 5.74) is 0. The topological polar surface area (TPSA) is 136 Å². The van der Waals surface area contributed by atoms with Crippen molar-refractivity contribution in [3.8, 4) is 0 Å². The Balaban J connectivity index is -0.0000000223. The van der Waals surface area contributed by atoms with Crippen LogP contribution in [0.4, 0.5) is 0 Å². The summed E-state index contributed by atoms with van der Waals surface area (Å²) >= 11 is -1.46. The van der Waals surface area contributed by atoms with Gasteiger partial charge in [0, 0.05) is 33.6 Å². The van der Waals surface area contributed by atoms with E-state index in [2.05, 4.69) is 60.7 Å². The van der Waals surface area contributed by atoms with Gasteiger partial charge < -0.3 is 0 Å². The van der Waals surface area contributed by atoms with Crippen molar-refractivity contribution in [2.75, 3.05) is 0 Å². The van der Waals surface area contributed by atoms with E-state index in [-0.39, 0.29) is 33.6 Å². The number of carbonyl (C=O) groups excluding carboxylic acids is 1. The summed E-state index contributed by atoms with van der Waals surface area (Å²) in [6.07, 6.45) is 1.90. The van der Waals surface area contributed by atoms with Crippen molar-refractivity contribution in [2.24, 2.45) is 0 Å². The first kappa shape index (κ1) is 56.3. The second-order valence-electron chi connectivity index (χ2n) is 3.27. The van der Waals surface area contributed by atoms with E-state index in [1.54, 1.807) is 0 Å². The third kappa shape index (κ3) is 59.5. The number of hydrogen-bond donors (Lipinski definition) is 0. The Hall–Kier alpha value is -0.334. The van der Waals surface area contributed by atoms with Crippen LogP contribution in [0.1, 0.15) is 27.2 Å². The maximum Gasteiger partial charge on any atom is 0 e. The second kappa shape index (κ2) is 89.3. The van der Waals surface area contributed by atoms with Gasteiger partial charge in [-0.05, 0) is 0 Å². The summed E-state index contributed by atoms with van der Waals surface area (Å²) < 4.78 is 45.0. The van der Waals surface area contributed by atoms with Gasteiger partial charge in [0.2, 0.25) is 0 Å². The average Bonchev–Trinajstić information content (AvgIpc) is 2.73. The maximum absolute atomic E-state index is 10.2. The van der Waals surface area contributed by atoms with E-state index >= 15 is 0 Å². The zero-order valence-corrected chi connectivity index (χ0v) is 18.3. The molecule has 0 atom stereocenters. The van der Waals surface area contributed by atoms with Gasteiger partial charge in [-0.1, -0.05) is 0 Å². The predicted molar refractivity (Wildman–Crippen MR) is 76.3 cm³/mol. The minimum absolute atomic E-state index is 0. The molecule has 0 N–H and O–H groups in total. The van der Waals surface area contributed by atoms with E-state index < -0.39 is 13.3 Å². The molecule has 0 aromatic rings. The van der Waals surface area contributed by atoms with Crippen molar-refractivity contribution in [3.63, 3.8) is 0 Å². The van der Waals surface area contributed by atoms with Crippen LogP contribution in [0.5, 0.6) is 0 Å². The van der Waals surface area contributed by atoms with Gasteiger partial charge in [-0.3, -0.25) is 0 Å². The monoisotopic (exact) mass is 504 g/mol. The molecule has 10 heteroatoms. The number of aldehydes is 1. The fraction of sp³-hybridized carbons (Fsp3) is 0.533. The van der Waals surface area contributed by atoms with Gasteiger partial charge in [0.1, 0.15) is 0 Å². The summed E-state index contributed by atoms with van der Waals surface area (Å²) in [5, 5.41) is 5.43.